The molecule has 1 aliphatic rings. The molecule has 0 spiro atoms. The molecule has 4 heteroatoms. The second-order valence-electron chi connectivity index (χ2n) is 5.01. The molecule has 0 bridgehead atoms. The van der Waals surface area contributed by atoms with Crippen LogP contribution in [-0.4, -0.2) is 29.4 Å². The predicted molar refractivity (Wildman–Crippen MR) is 61.8 cm³/mol. The van der Waals surface area contributed by atoms with Crippen molar-refractivity contribution >= 4 is 11.9 Å². The fourth-order valence-electron chi connectivity index (χ4n) is 1.84. The summed E-state index contributed by atoms with van der Waals surface area (Å²) in [6.07, 6.45) is 0.897. The van der Waals surface area contributed by atoms with Crippen LogP contribution in [0.2, 0.25) is 0 Å². The minimum absolute atomic E-state index is 0.0138. The van der Waals surface area contributed by atoms with Crippen molar-refractivity contribution in [2.45, 2.75) is 40.2 Å². The van der Waals surface area contributed by atoms with E-state index in [1.54, 1.807) is 4.90 Å². The summed E-state index contributed by atoms with van der Waals surface area (Å²) in [6.45, 7) is 9.18. The second kappa shape index (κ2) is 4.64. The summed E-state index contributed by atoms with van der Waals surface area (Å²) in [5.41, 5.74) is 5.77. The van der Waals surface area contributed by atoms with Crippen molar-refractivity contribution in [2.75, 3.05) is 6.54 Å². The third-order valence-corrected chi connectivity index (χ3v) is 2.44. The van der Waals surface area contributed by atoms with Gasteiger partial charge in [0.2, 0.25) is 0 Å². The van der Waals surface area contributed by atoms with Crippen LogP contribution in [0.4, 0.5) is 4.79 Å². The van der Waals surface area contributed by atoms with E-state index in [0.29, 0.717) is 17.7 Å². The molecule has 0 aromatic heterocycles. The van der Waals surface area contributed by atoms with Crippen molar-refractivity contribution in [1.82, 2.24) is 4.90 Å². The van der Waals surface area contributed by atoms with Gasteiger partial charge in [-0.15, -0.1) is 0 Å². The summed E-state index contributed by atoms with van der Waals surface area (Å²) < 4.78 is 0. The van der Waals surface area contributed by atoms with E-state index in [2.05, 4.69) is 32.7 Å². The van der Waals surface area contributed by atoms with E-state index in [9.17, 15) is 4.79 Å². The van der Waals surface area contributed by atoms with Crippen molar-refractivity contribution in [3.63, 3.8) is 0 Å². The summed E-state index contributed by atoms with van der Waals surface area (Å²) in [5.74, 6) is 1.45. The maximum atomic E-state index is 11.6. The monoisotopic (exact) mass is 211 g/mol. The summed E-state index contributed by atoms with van der Waals surface area (Å²) in [6, 6.07) is -0.160. The molecule has 1 atom stereocenters. The molecular weight excluding hydrogens is 190 g/mol. The van der Waals surface area contributed by atoms with Gasteiger partial charge in [0.1, 0.15) is 5.84 Å². The topological polar surface area (TPSA) is 58.7 Å². The summed E-state index contributed by atoms with van der Waals surface area (Å²) in [7, 11) is 0. The number of amides is 2. The smallest absolute Gasteiger partial charge is 0.345 e. The molecular formula is C11H21N3O. The van der Waals surface area contributed by atoms with Crippen LogP contribution >= 0.6 is 0 Å². The van der Waals surface area contributed by atoms with Gasteiger partial charge in [-0.2, -0.15) is 4.99 Å². The first-order chi connectivity index (χ1) is 6.91. The Hall–Kier alpha value is -1.06. The number of nitrogens with two attached hydrogens (primary N) is 1. The van der Waals surface area contributed by atoms with Crippen molar-refractivity contribution < 1.29 is 4.79 Å². The zero-order valence-electron chi connectivity index (χ0n) is 10.0. The van der Waals surface area contributed by atoms with Crippen LogP contribution in [0.25, 0.3) is 0 Å². The first-order valence-corrected chi connectivity index (χ1v) is 5.56. The first-order valence-electron chi connectivity index (χ1n) is 5.56. The number of aliphatic imine (C=N–C) groups is 1. The van der Waals surface area contributed by atoms with Crippen molar-refractivity contribution in [3.8, 4) is 0 Å². The Morgan fingerprint density at radius 3 is 2.40 bits per heavy atom. The molecule has 1 heterocycles. The average molecular weight is 211 g/mol. The fraction of sp³-hybridized carbons (Fsp3) is 0.818. The van der Waals surface area contributed by atoms with Gasteiger partial charge < -0.3 is 10.6 Å². The molecule has 0 aromatic carbocycles. The largest absolute Gasteiger partial charge is 0.385 e. The Balaban J connectivity index is 2.71. The highest BCUT2D eigenvalue weighted by atomic mass is 16.2. The number of hydrogen-bond donors (Lipinski definition) is 1. The van der Waals surface area contributed by atoms with Gasteiger partial charge in [-0.3, -0.25) is 0 Å². The zero-order valence-corrected chi connectivity index (χ0v) is 10.0. The Morgan fingerprint density at radius 2 is 1.93 bits per heavy atom. The highest BCUT2D eigenvalue weighted by molar-refractivity contribution is 6.02. The molecule has 0 saturated heterocycles. The van der Waals surface area contributed by atoms with E-state index in [0.717, 1.165) is 13.0 Å². The fourth-order valence-corrected chi connectivity index (χ4v) is 1.84. The Bertz CT molecular complexity index is 271. The molecule has 0 fully saturated rings. The van der Waals surface area contributed by atoms with Crippen LogP contribution in [-0.2, 0) is 0 Å². The molecule has 1 rings (SSSR count). The third-order valence-electron chi connectivity index (χ3n) is 2.44. The normalized spacial score (nSPS) is 21.7. The maximum Gasteiger partial charge on any atom is 0.345 e. The number of rotatable bonds is 4. The van der Waals surface area contributed by atoms with Gasteiger partial charge in [-0.05, 0) is 18.3 Å². The van der Waals surface area contributed by atoms with E-state index in [4.69, 9.17) is 5.73 Å². The number of amidine groups is 1. The lowest BCUT2D eigenvalue weighted by atomic mass is 10.0. The summed E-state index contributed by atoms with van der Waals surface area (Å²) >= 11 is 0. The first kappa shape index (κ1) is 12.0. The minimum Gasteiger partial charge on any atom is -0.385 e. The standard InChI is InChI=1S/C11H21N3O/c1-7(2)5-9-10(12)13-11(15)14(9)6-8(3)4/h7-9H,5-6H2,1-4H3,(H2,12,13,15). The van der Waals surface area contributed by atoms with E-state index in [1.165, 1.54) is 0 Å². The van der Waals surface area contributed by atoms with E-state index >= 15 is 0 Å². The Kier molecular flexibility index (Phi) is 3.72. The van der Waals surface area contributed by atoms with E-state index < -0.39 is 0 Å². The highest BCUT2D eigenvalue weighted by Gasteiger charge is 2.33. The quantitative estimate of drug-likeness (QED) is 0.771. The number of urea groups is 1. The zero-order chi connectivity index (χ0) is 11.6. The Labute approximate surface area is 91.5 Å². The number of nitrogens with zero attached hydrogens (tertiary/aromatic N) is 2. The molecule has 86 valence electrons. The third kappa shape index (κ3) is 2.94. The molecule has 0 aliphatic carbocycles. The molecule has 1 unspecified atom stereocenters. The molecule has 0 saturated carbocycles. The highest BCUT2D eigenvalue weighted by Crippen LogP contribution is 2.19. The molecule has 4 nitrogen and oxygen atoms in total. The SMILES string of the molecule is CC(C)CC1C(N)=NC(=O)N1CC(C)C. The van der Waals surface area contributed by atoms with Crippen LogP contribution in [0.15, 0.2) is 4.99 Å². The molecule has 0 aromatic rings. The minimum atomic E-state index is -0.174. The number of carbonyl (C=O) groups is 1. The molecule has 15 heavy (non-hydrogen) atoms. The summed E-state index contributed by atoms with van der Waals surface area (Å²) in [5, 5.41) is 0. The van der Waals surface area contributed by atoms with Gasteiger partial charge >= 0.3 is 6.03 Å². The van der Waals surface area contributed by atoms with E-state index in [-0.39, 0.29) is 12.1 Å². The number of carbonyl (C=O) groups excluding carboxylic acids is 1. The molecule has 0 radical (unpaired) electrons. The lowest BCUT2D eigenvalue weighted by molar-refractivity contribution is 0.192. The Morgan fingerprint density at radius 1 is 1.33 bits per heavy atom. The van der Waals surface area contributed by atoms with Crippen LogP contribution < -0.4 is 5.73 Å². The van der Waals surface area contributed by atoms with Gasteiger partial charge in [-0.25, -0.2) is 4.79 Å². The van der Waals surface area contributed by atoms with Crippen molar-refractivity contribution in [3.05, 3.63) is 0 Å². The van der Waals surface area contributed by atoms with Gasteiger partial charge in [0.25, 0.3) is 0 Å². The van der Waals surface area contributed by atoms with Crippen molar-refractivity contribution in [2.24, 2.45) is 22.6 Å². The molecule has 2 amide bonds. The molecule has 2 N–H and O–H groups in total. The van der Waals surface area contributed by atoms with Gasteiger partial charge in [0, 0.05) is 6.54 Å². The predicted octanol–water partition coefficient (Wildman–Crippen LogP) is 1.85. The van der Waals surface area contributed by atoms with Crippen LogP contribution in [0.5, 0.6) is 0 Å². The summed E-state index contributed by atoms with van der Waals surface area (Å²) in [4.78, 5) is 17.2. The van der Waals surface area contributed by atoms with E-state index in [1.807, 2.05) is 0 Å². The lowest BCUT2D eigenvalue weighted by Gasteiger charge is -2.26. The van der Waals surface area contributed by atoms with Crippen LogP contribution in [0.3, 0.4) is 0 Å². The van der Waals surface area contributed by atoms with Crippen LogP contribution in [0, 0.1) is 11.8 Å². The second-order valence-corrected chi connectivity index (χ2v) is 5.01. The van der Waals surface area contributed by atoms with Crippen molar-refractivity contribution in [1.29, 1.82) is 0 Å². The maximum absolute atomic E-state index is 11.6. The van der Waals surface area contributed by atoms with Gasteiger partial charge in [0.05, 0.1) is 6.04 Å². The number of hydrogen-bond acceptors (Lipinski definition) is 2. The van der Waals surface area contributed by atoms with Crippen LogP contribution in [0.1, 0.15) is 34.1 Å². The lowest BCUT2D eigenvalue weighted by Crippen LogP contribution is -2.43. The van der Waals surface area contributed by atoms with Gasteiger partial charge in [-0.1, -0.05) is 27.7 Å². The average Bonchev–Trinajstić information content (AvgIpc) is 2.30. The van der Waals surface area contributed by atoms with Gasteiger partial charge in [0.15, 0.2) is 0 Å². The molecule has 1 aliphatic heterocycles.